The third kappa shape index (κ3) is 5.04. The number of hydrogen-bond acceptors (Lipinski definition) is 4. The molecule has 0 aliphatic carbocycles. The SMILES string of the molecule is O=c1ccc2cc(OCCCN3CCN(c4ccc(Cl)c(Cl)c4)CC3)ccc2[nH]1. The van der Waals surface area contributed by atoms with Crippen LogP contribution >= 0.6 is 23.2 Å². The van der Waals surface area contributed by atoms with E-state index in [1.807, 2.05) is 42.5 Å². The van der Waals surface area contributed by atoms with Gasteiger partial charge in [-0.2, -0.15) is 0 Å². The maximum atomic E-state index is 11.4. The molecule has 5 nitrogen and oxygen atoms in total. The van der Waals surface area contributed by atoms with Gasteiger partial charge in [0.2, 0.25) is 5.56 Å². The van der Waals surface area contributed by atoms with Gasteiger partial charge < -0.3 is 14.6 Å². The summed E-state index contributed by atoms with van der Waals surface area (Å²) in [7, 11) is 0. The van der Waals surface area contributed by atoms with Crippen LogP contribution in [0, 0.1) is 0 Å². The van der Waals surface area contributed by atoms with E-state index in [1.54, 1.807) is 0 Å². The lowest BCUT2D eigenvalue weighted by molar-refractivity contribution is 0.225. The van der Waals surface area contributed by atoms with Crippen molar-refractivity contribution < 1.29 is 4.74 Å². The second kappa shape index (κ2) is 9.08. The lowest BCUT2D eigenvalue weighted by Crippen LogP contribution is -2.46. The minimum absolute atomic E-state index is 0.0922. The van der Waals surface area contributed by atoms with Crippen LogP contribution < -0.4 is 15.2 Å². The lowest BCUT2D eigenvalue weighted by atomic mass is 10.2. The van der Waals surface area contributed by atoms with Crippen molar-refractivity contribution in [2.75, 3.05) is 44.2 Å². The molecule has 2 heterocycles. The molecule has 0 bridgehead atoms. The van der Waals surface area contributed by atoms with Gasteiger partial charge >= 0.3 is 0 Å². The minimum Gasteiger partial charge on any atom is -0.494 e. The van der Waals surface area contributed by atoms with Crippen LogP contribution in [-0.2, 0) is 0 Å². The van der Waals surface area contributed by atoms with Gasteiger partial charge in [-0.1, -0.05) is 23.2 Å². The molecule has 0 spiro atoms. The third-order valence-electron chi connectivity index (χ3n) is 5.22. The molecule has 7 heteroatoms. The maximum absolute atomic E-state index is 11.4. The number of halogens is 2. The first kappa shape index (κ1) is 20.1. The van der Waals surface area contributed by atoms with E-state index in [4.69, 9.17) is 27.9 Å². The monoisotopic (exact) mass is 431 g/mol. The van der Waals surface area contributed by atoms with Gasteiger partial charge in [-0.25, -0.2) is 0 Å². The number of aromatic nitrogens is 1. The van der Waals surface area contributed by atoms with Crippen molar-refractivity contribution >= 4 is 39.8 Å². The van der Waals surface area contributed by atoms with E-state index in [-0.39, 0.29) is 5.56 Å². The van der Waals surface area contributed by atoms with Crippen molar-refractivity contribution in [3.63, 3.8) is 0 Å². The van der Waals surface area contributed by atoms with E-state index in [0.717, 1.165) is 61.5 Å². The van der Waals surface area contributed by atoms with Gasteiger partial charge in [-0.05, 0) is 48.9 Å². The van der Waals surface area contributed by atoms with Crippen molar-refractivity contribution in [3.8, 4) is 5.75 Å². The summed E-state index contributed by atoms with van der Waals surface area (Å²) < 4.78 is 5.89. The number of H-pyrrole nitrogens is 1. The Labute approximate surface area is 179 Å². The molecule has 0 saturated carbocycles. The van der Waals surface area contributed by atoms with E-state index in [1.165, 1.54) is 6.07 Å². The van der Waals surface area contributed by atoms with Crippen LogP contribution in [0.25, 0.3) is 10.9 Å². The summed E-state index contributed by atoms with van der Waals surface area (Å²) in [4.78, 5) is 19.0. The van der Waals surface area contributed by atoms with Crippen LogP contribution in [0.5, 0.6) is 5.75 Å². The van der Waals surface area contributed by atoms with Crippen LogP contribution in [0.1, 0.15) is 6.42 Å². The van der Waals surface area contributed by atoms with Crippen molar-refractivity contribution in [1.82, 2.24) is 9.88 Å². The molecule has 0 atom stereocenters. The number of rotatable bonds is 6. The molecular formula is C22H23Cl2N3O2. The van der Waals surface area contributed by atoms with Gasteiger partial charge in [0, 0.05) is 55.4 Å². The molecule has 0 unspecified atom stereocenters. The fourth-order valence-corrected chi connectivity index (χ4v) is 3.90. The van der Waals surface area contributed by atoms with Crippen LogP contribution in [0.2, 0.25) is 10.0 Å². The summed E-state index contributed by atoms with van der Waals surface area (Å²) >= 11 is 12.1. The Kier molecular flexibility index (Phi) is 6.28. The predicted molar refractivity (Wildman–Crippen MR) is 120 cm³/mol. The first-order chi connectivity index (χ1) is 14.1. The molecule has 1 aliphatic rings. The quantitative estimate of drug-likeness (QED) is 0.586. The fourth-order valence-electron chi connectivity index (χ4n) is 3.61. The molecule has 2 aromatic carbocycles. The standard InChI is InChI=1S/C22H23Cl2N3O2/c23-19-5-3-17(15-20(19)24)27-11-9-26(10-12-27)8-1-13-29-18-4-6-21-16(14-18)2-7-22(28)25-21/h2-7,14-15H,1,8-13H2,(H,25,28). The van der Waals surface area contributed by atoms with Gasteiger partial charge in [0.25, 0.3) is 0 Å². The molecule has 152 valence electrons. The number of ether oxygens (including phenoxy) is 1. The highest BCUT2D eigenvalue weighted by Crippen LogP contribution is 2.27. The molecule has 1 fully saturated rings. The summed E-state index contributed by atoms with van der Waals surface area (Å²) in [6, 6.07) is 14.9. The highest BCUT2D eigenvalue weighted by Gasteiger charge is 2.17. The molecule has 29 heavy (non-hydrogen) atoms. The number of nitrogens with one attached hydrogen (secondary N) is 1. The Morgan fingerprint density at radius 2 is 1.76 bits per heavy atom. The van der Waals surface area contributed by atoms with Gasteiger partial charge in [-0.3, -0.25) is 9.69 Å². The van der Waals surface area contributed by atoms with Crippen molar-refractivity contribution in [1.29, 1.82) is 0 Å². The van der Waals surface area contributed by atoms with Crippen molar-refractivity contribution in [2.24, 2.45) is 0 Å². The normalized spacial score (nSPS) is 15.0. The first-order valence-corrected chi connectivity index (χ1v) is 10.5. The van der Waals surface area contributed by atoms with Gasteiger partial charge in [-0.15, -0.1) is 0 Å². The minimum atomic E-state index is -0.0922. The molecule has 3 aromatic rings. The number of piperazine rings is 1. The summed E-state index contributed by atoms with van der Waals surface area (Å²) in [6.45, 7) is 5.66. The summed E-state index contributed by atoms with van der Waals surface area (Å²) in [5.74, 6) is 0.828. The number of pyridine rings is 1. The molecule has 0 amide bonds. The Hall–Kier alpha value is -2.21. The summed E-state index contributed by atoms with van der Waals surface area (Å²) in [5, 5.41) is 2.16. The van der Waals surface area contributed by atoms with Crippen LogP contribution in [0.4, 0.5) is 5.69 Å². The highest BCUT2D eigenvalue weighted by molar-refractivity contribution is 6.42. The molecule has 1 saturated heterocycles. The number of fused-ring (bicyclic) bond motifs is 1. The van der Waals surface area contributed by atoms with Crippen LogP contribution in [0.15, 0.2) is 53.3 Å². The Balaban J connectivity index is 1.21. The van der Waals surface area contributed by atoms with E-state index in [0.29, 0.717) is 16.7 Å². The van der Waals surface area contributed by atoms with E-state index in [2.05, 4.69) is 14.8 Å². The number of benzene rings is 2. The summed E-state index contributed by atoms with van der Waals surface area (Å²) in [6.07, 6.45) is 0.969. The molecule has 1 N–H and O–H groups in total. The predicted octanol–water partition coefficient (Wildman–Crippen LogP) is 4.43. The van der Waals surface area contributed by atoms with Gasteiger partial charge in [0.15, 0.2) is 0 Å². The van der Waals surface area contributed by atoms with Crippen molar-refractivity contribution in [2.45, 2.75) is 6.42 Å². The average Bonchev–Trinajstić information content (AvgIpc) is 2.74. The average molecular weight is 432 g/mol. The number of hydrogen-bond donors (Lipinski definition) is 1. The zero-order valence-electron chi connectivity index (χ0n) is 16.0. The largest absolute Gasteiger partial charge is 0.494 e. The van der Waals surface area contributed by atoms with Crippen molar-refractivity contribution in [3.05, 3.63) is 68.9 Å². The maximum Gasteiger partial charge on any atom is 0.248 e. The second-order valence-corrected chi connectivity index (χ2v) is 8.02. The van der Waals surface area contributed by atoms with Gasteiger partial charge in [0.05, 0.1) is 16.7 Å². The zero-order chi connectivity index (χ0) is 20.2. The van der Waals surface area contributed by atoms with Crippen LogP contribution in [0.3, 0.4) is 0 Å². The molecule has 1 aromatic heterocycles. The third-order valence-corrected chi connectivity index (χ3v) is 5.96. The number of aromatic amines is 1. The fraction of sp³-hybridized carbons (Fsp3) is 0.318. The smallest absolute Gasteiger partial charge is 0.248 e. The Morgan fingerprint density at radius 3 is 2.55 bits per heavy atom. The Morgan fingerprint density at radius 1 is 0.931 bits per heavy atom. The van der Waals surface area contributed by atoms with E-state index < -0.39 is 0 Å². The topological polar surface area (TPSA) is 48.6 Å². The number of nitrogens with zero attached hydrogens (tertiary/aromatic N) is 2. The molecule has 4 rings (SSSR count). The zero-order valence-corrected chi connectivity index (χ0v) is 17.5. The first-order valence-electron chi connectivity index (χ1n) is 9.77. The van der Waals surface area contributed by atoms with Gasteiger partial charge in [0.1, 0.15) is 5.75 Å². The summed E-state index contributed by atoms with van der Waals surface area (Å²) in [5.41, 5.74) is 1.86. The van der Waals surface area contributed by atoms with E-state index in [9.17, 15) is 4.79 Å². The Bertz CT molecular complexity index is 1050. The van der Waals surface area contributed by atoms with E-state index >= 15 is 0 Å². The molecule has 1 aliphatic heterocycles. The second-order valence-electron chi connectivity index (χ2n) is 7.20. The number of anilines is 1. The highest BCUT2D eigenvalue weighted by atomic mass is 35.5. The molecular weight excluding hydrogens is 409 g/mol. The van der Waals surface area contributed by atoms with Crippen LogP contribution in [-0.4, -0.2) is 49.2 Å². The lowest BCUT2D eigenvalue weighted by Gasteiger charge is -2.36. The molecule has 0 radical (unpaired) electrons.